The summed E-state index contributed by atoms with van der Waals surface area (Å²) in [5, 5.41) is 12.3. The Labute approximate surface area is 126 Å². The molecule has 0 radical (unpaired) electrons. The average molecular weight is 304 g/mol. The molecule has 2 rings (SSSR count). The van der Waals surface area contributed by atoms with E-state index in [-0.39, 0.29) is 17.3 Å². The summed E-state index contributed by atoms with van der Waals surface area (Å²) in [4.78, 5) is 27.2. The Morgan fingerprint density at radius 3 is 2.71 bits per heavy atom. The zero-order chi connectivity index (χ0) is 15.4. The van der Waals surface area contributed by atoms with E-state index >= 15 is 0 Å². The van der Waals surface area contributed by atoms with Crippen LogP contribution in [0, 0.1) is 13.8 Å². The fraction of sp³-hybridized carbons (Fsp3) is 0.267. The van der Waals surface area contributed by atoms with Gasteiger partial charge in [-0.2, -0.15) is 0 Å². The largest absolute Gasteiger partial charge is 0.477 e. The van der Waals surface area contributed by atoms with Crippen LogP contribution in [-0.2, 0) is 17.8 Å². The zero-order valence-corrected chi connectivity index (χ0v) is 12.7. The van der Waals surface area contributed by atoms with Crippen LogP contribution in [0.4, 0.5) is 0 Å². The third-order valence-electron chi connectivity index (χ3n) is 2.92. The second kappa shape index (κ2) is 6.49. The average Bonchev–Trinajstić information content (AvgIpc) is 2.78. The van der Waals surface area contributed by atoms with Gasteiger partial charge in [0.05, 0.1) is 18.7 Å². The van der Waals surface area contributed by atoms with Crippen molar-refractivity contribution in [3.05, 3.63) is 51.0 Å². The first-order valence-corrected chi connectivity index (χ1v) is 7.29. The summed E-state index contributed by atoms with van der Waals surface area (Å²) < 4.78 is 0. The summed E-state index contributed by atoms with van der Waals surface area (Å²) >= 11 is 1.09. The lowest BCUT2D eigenvalue weighted by Crippen LogP contribution is -2.24. The maximum atomic E-state index is 11.9. The number of nitrogens with one attached hydrogen (secondary N) is 1. The Morgan fingerprint density at radius 2 is 2.10 bits per heavy atom. The fourth-order valence-electron chi connectivity index (χ4n) is 1.97. The molecule has 1 aromatic carbocycles. The van der Waals surface area contributed by atoms with Gasteiger partial charge in [0.15, 0.2) is 0 Å². The summed E-state index contributed by atoms with van der Waals surface area (Å²) in [6, 6.07) is 7.77. The van der Waals surface area contributed by atoms with Crippen LogP contribution in [0.3, 0.4) is 0 Å². The van der Waals surface area contributed by atoms with E-state index in [4.69, 9.17) is 5.11 Å². The Balaban J connectivity index is 1.92. The molecule has 0 unspecified atom stereocenters. The third-order valence-corrected chi connectivity index (χ3v) is 4.06. The van der Waals surface area contributed by atoms with Crippen LogP contribution in [0.1, 0.15) is 31.5 Å². The van der Waals surface area contributed by atoms with Crippen LogP contribution >= 0.6 is 11.3 Å². The van der Waals surface area contributed by atoms with Crippen molar-refractivity contribution < 1.29 is 14.7 Å². The number of nitrogens with zero attached hydrogens (tertiary/aromatic N) is 1. The molecule has 0 saturated carbocycles. The molecule has 0 atom stereocenters. The van der Waals surface area contributed by atoms with Gasteiger partial charge in [-0.1, -0.05) is 29.8 Å². The Kier molecular flexibility index (Phi) is 4.70. The van der Waals surface area contributed by atoms with Crippen molar-refractivity contribution in [2.24, 2.45) is 0 Å². The molecule has 1 heterocycles. The molecule has 2 aromatic rings. The van der Waals surface area contributed by atoms with Gasteiger partial charge in [0, 0.05) is 0 Å². The van der Waals surface area contributed by atoms with Crippen LogP contribution in [-0.4, -0.2) is 22.0 Å². The monoisotopic (exact) mass is 304 g/mol. The summed E-state index contributed by atoms with van der Waals surface area (Å²) in [6.07, 6.45) is 0.303. The number of carboxylic acid groups (broad SMARTS) is 1. The molecule has 1 aromatic heterocycles. The minimum atomic E-state index is -0.984. The van der Waals surface area contributed by atoms with Gasteiger partial charge in [0.2, 0.25) is 5.91 Å². The molecule has 0 bridgehead atoms. The maximum absolute atomic E-state index is 11.9. The minimum Gasteiger partial charge on any atom is -0.477 e. The van der Waals surface area contributed by atoms with Gasteiger partial charge in [0.1, 0.15) is 9.88 Å². The second-order valence-corrected chi connectivity index (χ2v) is 5.85. The summed E-state index contributed by atoms with van der Waals surface area (Å²) in [5.41, 5.74) is 2.55. The Hall–Kier alpha value is -2.21. The molecule has 21 heavy (non-hydrogen) atoms. The minimum absolute atomic E-state index is 0.106. The molecule has 0 aliphatic heterocycles. The van der Waals surface area contributed by atoms with Crippen LogP contribution in [0.2, 0.25) is 0 Å². The van der Waals surface area contributed by atoms with Gasteiger partial charge in [-0.25, -0.2) is 9.78 Å². The Morgan fingerprint density at radius 1 is 1.33 bits per heavy atom. The fourth-order valence-corrected chi connectivity index (χ4v) is 2.81. The van der Waals surface area contributed by atoms with E-state index in [9.17, 15) is 9.59 Å². The normalized spacial score (nSPS) is 10.4. The van der Waals surface area contributed by atoms with Gasteiger partial charge in [-0.3, -0.25) is 4.79 Å². The number of aryl methyl sites for hydroxylation is 2. The predicted molar refractivity (Wildman–Crippen MR) is 80.5 cm³/mol. The number of amides is 1. The molecule has 0 spiro atoms. The number of benzene rings is 1. The third kappa shape index (κ3) is 4.13. The highest BCUT2D eigenvalue weighted by Gasteiger charge is 2.14. The second-order valence-electron chi connectivity index (χ2n) is 4.77. The number of carboxylic acids is 1. The highest BCUT2D eigenvalue weighted by atomic mass is 32.1. The van der Waals surface area contributed by atoms with Gasteiger partial charge in [-0.05, 0) is 19.4 Å². The molecule has 6 heteroatoms. The van der Waals surface area contributed by atoms with E-state index in [1.165, 1.54) is 0 Å². The lowest BCUT2D eigenvalue weighted by Gasteiger charge is -2.04. The lowest BCUT2D eigenvalue weighted by molar-refractivity contribution is -0.120. The van der Waals surface area contributed by atoms with Crippen molar-refractivity contribution in [2.45, 2.75) is 26.8 Å². The van der Waals surface area contributed by atoms with E-state index in [1.54, 1.807) is 6.92 Å². The van der Waals surface area contributed by atoms with E-state index in [2.05, 4.69) is 10.3 Å². The quantitative estimate of drug-likeness (QED) is 0.888. The van der Waals surface area contributed by atoms with E-state index in [1.807, 2.05) is 31.2 Å². The Bertz CT molecular complexity index is 679. The van der Waals surface area contributed by atoms with Gasteiger partial charge >= 0.3 is 5.97 Å². The molecule has 1 amide bonds. The first-order valence-electron chi connectivity index (χ1n) is 6.47. The van der Waals surface area contributed by atoms with Gasteiger partial charge < -0.3 is 10.4 Å². The van der Waals surface area contributed by atoms with Crippen LogP contribution in [0.25, 0.3) is 0 Å². The summed E-state index contributed by atoms with van der Waals surface area (Å²) in [7, 11) is 0. The SMILES string of the molecule is Cc1cccc(CC(=O)NCc2nc(C)c(C(=O)O)s2)c1. The lowest BCUT2D eigenvalue weighted by atomic mass is 10.1. The number of carbonyl (C=O) groups is 2. The predicted octanol–water partition coefficient (Wildman–Crippen LogP) is 2.32. The first-order chi connectivity index (χ1) is 9.95. The first kappa shape index (κ1) is 15.2. The summed E-state index contributed by atoms with van der Waals surface area (Å²) in [6.45, 7) is 3.88. The highest BCUT2D eigenvalue weighted by molar-refractivity contribution is 7.13. The van der Waals surface area contributed by atoms with Crippen molar-refractivity contribution in [1.82, 2.24) is 10.3 Å². The molecule has 0 aliphatic rings. The van der Waals surface area contributed by atoms with Crippen molar-refractivity contribution in [2.75, 3.05) is 0 Å². The van der Waals surface area contributed by atoms with Crippen molar-refractivity contribution in [3.8, 4) is 0 Å². The molecule has 0 fully saturated rings. The standard InChI is InChI=1S/C15H16N2O3S/c1-9-4-3-5-11(6-9)7-12(18)16-8-13-17-10(2)14(21-13)15(19)20/h3-6H,7-8H2,1-2H3,(H,16,18)(H,19,20). The van der Waals surface area contributed by atoms with E-state index < -0.39 is 5.97 Å². The molecule has 2 N–H and O–H groups in total. The van der Waals surface area contributed by atoms with Crippen LogP contribution in [0.5, 0.6) is 0 Å². The topological polar surface area (TPSA) is 79.3 Å². The van der Waals surface area contributed by atoms with Gasteiger partial charge in [-0.15, -0.1) is 11.3 Å². The number of rotatable bonds is 5. The van der Waals surface area contributed by atoms with E-state index in [0.717, 1.165) is 22.5 Å². The zero-order valence-electron chi connectivity index (χ0n) is 11.8. The number of aromatic carboxylic acids is 1. The van der Waals surface area contributed by atoms with Crippen LogP contribution in [0.15, 0.2) is 24.3 Å². The molecular formula is C15H16N2O3S. The highest BCUT2D eigenvalue weighted by Crippen LogP contribution is 2.17. The van der Waals surface area contributed by atoms with Gasteiger partial charge in [0.25, 0.3) is 0 Å². The number of carbonyl (C=O) groups excluding carboxylic acids is 1. The molecule has 5 nitrogen and oxygen atoms in total. The molecular weight excluding hydrogens is 288 g/mol. The number of hydrogen-bond donors (Lipinski definition) is 2. The van der Waals surface area contributed by atoms with Crippen molar-refractivity contribution >= 4 is 23.2 Å². The number of aromatic nitrogens is 1. The number of hydrogen-bond acceptors (Lipinski definition) is 4. The maximum Gasteiger partial charge on any atom is 0.347 e. The van der Waals surface area contributed by atoms with Crippen LogP contribution < -0.4 is 5.32 Å². The molecule has 0 aliphatic carbocycles. The van der Waals surface area contributed by atoms with Crippen molar-refractivity contribution in [1.29, 1.82) is 0 Å². The van der Waals surface area contributed by atoms with E-state index in [0.29, 0.717) is 17.1 Å². The van der Waals surface area contributed by atoms with Crippen molar-refractivity contribution in [3.63, 3.8) is 0 Å². The smallest absolute Gasteiger partial charge is 0.347 e. The summed E-state index contributed by atoms with van der Waals surface area (Å²) in [5.74, 6) is -1.09. The molecule has 0 saturated heterocycles. The number of thiazole rings is 1. The molecule has 110 valence electrons.